The Bertz CT molecular complexity index is 1040. The van der Waals surface area contributed by atoms with Crippen LogP contribution in [0.5, 0.6) is 0 Å². The first-order chi connectivity index (χ1) is 11.6. The van der Waals surface area contributed by atoms with Crippen molar-refractivity contribution in [3.63, 3.8) is 0 Å². The molecule has 0 unspecified atom stereocenters. The highest BCUT2D eigenvalue weighted by Crippen LogP contribution is 2.34. The number of fused-ring (bicyclic) bond motifs is 1. The molecule has 118 valence electrons. The number of aromatic nitrogens is 4. The van der Waals surface area contributed by atoms with Crippen molar-refractivity contribution in [2.24, 2.45) is 7.05 Å². The molecule has 5 heteroatoms. The maximum absolute atomic E-state index is 6.43. The van der Waals surface area contributed by atoms with Gasteiger partial charge in [0.1, 0.15) is 0 Å². The summed E-state index contributed by atoms with van der Waals surface area (Å²) in [7, 11) is 1.90. The molecule has 0 bridgehead atoms. The van der Waals surface area contributed by atoms with Crippen LogP contribution in [0.25, 0.3) is 33.7 Å². The van der Waals surface area contributed by atoms with Gasteiger partial charge in [-0.05, 0) is 13.0 Å². The summed E-state index contributed by atoms with van der Waals surface area (Å²) in [6.07, 6.45) is 0. The van der Waals surface area contributed by atoms with Crippen LogP contribution in [0.2, 0.25) is 5.02 Å². The Labute approximate surface area is 144 Å². The van der Waals surface area contributed by atoms with E-state index in [0.29, 0.717) is 10.8 Å². The third kappa shape index (κ3) is 2.36. The van der Waals surface area contributed by atoms with Gasteiger partial charge in [-0.2, -0.15) is 5.10 Å². The van der Waals surface area contributed by atoms with Gasteiger partial charge in [0.25, 0.3) is 0 Å². The van der Waals surface area contributed by atoms with Gasteiger partial charge in [-0.25, -0.2) is 9.97 Å². The smallest absolute Gasteiger partial charge is 0.162 e. The summed E-state index contributed by atoms with van der Waals surface area (Å²) in [4.78, 5) is 9.56. The molecule has 0 amide bonds. The van der Waals surface area contributed by atoms with E-state index in [0.717, 1.165) is 33.5 Å². The number of rotatable bonds is 2. The summed E-state index contributed by atoms with van der Waals surface area (Å²) in [6, 6.07) is 17.7. The lowest BCUT2D eigenvalue weighted by molar-refractivity contribution is 0.773. The van der Waals surface area contributed by atoms with Gasteiger partial charge >= 0.3 is 0 Å². The third-order valence-electron chi connectivity index (χ3n) is 4.02. The maximum Gasteiger partial charge on any atom is 0.162 e. The quantitative estimate of drug-likeness (QED) is 0.535. The Balaban J connectivity index is 2.09. The monoisotopic (exact) mass is 334 g/mol. The summed E-state index contributed by atoms with van der Waals surface area (Å²) in [5.74, 6) is 0.668. The molecule has 0 atom stereocenters. The van der Waals surface area contributed by atoms with Gasteiger partial charge in [0, 0.05) is 23.2 Å². The normalized spacial score (nSPS) is 11.1. The van der Waals surface area contributed by atoms with E-state index in [1.165, 1.54) is 0 Å². The van der Waals surface area contributed by atoms with Crippen molar-refractivity contribution in [2.75, 3.05) is 0 Å². The van der Waals surface area contributed by atoms with Crippen LogP contribution in [0.4, 0.5) is 0 Å². The molecule has 0 saturated carbocycles. The van der Waals surface area contributed by atoms with Crippen LogP contribution in [-0.4, -0.2) is 19.7 Å². The van der Waals surface area contributed by atoms with Crippen LogP contribution in [-0.2, 0) is 7.05 Å². The SMILES string of the molecule is Cc1nn(C)c2nc(-c3ccccc3)nc(-c3ccccc3Cl)c12. The highest BCUT2D eigenvalue weighted by molar-refractivity contribution is 6.33. The Hall–Kier alpha value is -2.72. The highest BCUT2D eigenvalue weighted by atomic mass is 35.5. The molecular weight excluding hydrogens is 320 g/mol. The second kappa shape index (κ2) is 5.73. The molecule has 4 rings (SSSR count). The van der Waals surface area contributed by atoms with E-state index in [9.17, 15) is 0 Å². The fourth-order valence-corrected chi connectivity index (χ4v) is 3.13. The lowest BCUT2D eigenvalue weighted by atomic mass is 10.1. The summed E-state index contributed by atoms with van der Waals surface area (Å²) >= 11 is 6.43. The Morgan fingerprint density at radius 3 is 2.38 bits per heavy atom. The van der Waals surface area contributed by atoms with E-state index in [4.69, 9.17) is 21.6 Å². The maximum atomic E-state index is 6.43. The van der Waals surface area contributed by atoms with Crippen LogP contribution < -0.4 is 0 Å². The number of hydrogen-bond acceptors (Lipinski definition) is 3. The molecule has 0 spiro atoms. The number of benzene rings is 2. The molecule has 0 aliphatic rings. The van der Waals surface area contributed by atoms with Crippen LogP contribution in [0.3, 0.4) is 0 Å². The van der Waals surface area contributed by atoms with Gasteiger partial charge in [0.2, 0.25) is 0 Å². The first-order valence-corrected chi connectivity index (χ1v) is 8.04. The van der Waals surface area contributed by atoms with Crippen molar-refractivity contribution in [2.45, 2.75) is 6.92 Å². The zero-order valence-corrected chi connectivity index (χ0v) is 14.1. The molecule has 0 saturated heterocycles. The average molecular weight is 335 g/mol. The van der Waals surface area contributed by atoms with Crippen molar-refractivity contribution in [3.05, 3.63) is 65.3 Å². The van der Waals surface area contributed by atoms with Gasteiger partial charge in [0.05, 0.1) is 16.8 Å². The second-order valence-electron chi connectivity index (χ2n) is 5.65. The summed E-state index contributed by atoms with van der Waals surface area (Å²) in [5, 5.41) is 6.11. The summed E-state index contributed by atoms with van der Waals surface area (Å²) in [6.45, 7) is 1.97. The van der Waals surface area contributed by atoms with E-state index >= 15 is 0 Å². The molecule has 0 fully saturated rings. The first-order valence-electron chi connectivity index (χ1n) is 7.67. The van der Waals surface area contributed by atoms with Crippen molar-refractivity contribution in [3.8, 4) is 22.6 Å². The molecule has 24 heavy (non-hydrogen) atoms. The summed E-state index contributed by atoms with van der Waals surface area (Å²) < 4.78 is 1.79. The minimum atomic E-state index is 0.666. The standard InChI is InChI=1S/C19H15ClN4/c1-12-16-17(14-10-6-7-11-15(14)20)21-18(13-8-4-3-5-9-13)22-19(16)24(2)23-12/h3-11H,1-2H3. The number of hydrogen-bond donors (Lipinski definition) is 0. The zero-order valence-electron chi connectivity index (χ0n) is 13.4. The van der Waals surface area contributed by atoms with E-state index < -0.39 is 0 Å². The molecule has 4 aromatic rings. The Morgan fingerprint density at radius 1 is 0.917 bits per heavy atom. The van der Waals surface area contributed by atoms with E-state index in [1.807, 2.05) is 68.6 Å². The predicted molar refractivity (Wildman–Crippen MR) is 96.9 cm³/mol. The fraction of sp³-hybridized carbons (Fsp3) is 0.105. The van der Waals surface area contributed by atoms with Crippen molar-refractivity contribution in [1.82, 2.24) is 19.7 Å². The van der Waals surface area contributed by atoms with E-state index in [2.05, 4.69) is 5.10 Å². The predicted octanol–water partition coefficient (Wildman–Crippen LogP) is 4.66. The topological polar surface area (TPSA) is 43.6 Å². The molecule has 2 aromatic carbocycles. The fourth-order valence-electron chi connectivity index (χ4n) is 2.90. The first kappa shape index (κ1) is 14.8. The van der Waals surface area contributed by atoms with Crippen LogP contribution in [0, 0.1) is 6.92 Å². The van der Waals surface area contributed by atoms with Crippen LogP contribution in [0.1, 0.15) is 5.69 Å². The zero-order chi connectivity index (χ0) is 16.7. The third-order valence-corrected chi connectivity index (χ3v) is 4.35. The lowest BCUT2D eigenvalue weighted by Crippen LogP contribution is -1.98. The Kier molecular flexibility index (Phi) is 3.54. The molecule has 4 nitrogen and oxygen atoms in total. The van der Waals surface area contributed by atoms with Crippen LogP contribution in [0.15, 0.2) is 54.6 Å². The minimum Gasteiger partial charge on any atom is -0.250 e. The van der Waals surface area contributed by atoms with Gasteiger partial charge in [-0.1, -0.05) is 60.1 Å². The number of nitrogens with zero attached hydrogens (tertiary/aromatic N) is 4. The average Bonchev–Trinajstić information content (AvgIpc) is 2.90. The van der Waals surface area contributed by atoms with Crippen molar-refractivity contribution >= 4 is 22.6 Å². The van der Waals surface area contributed by atoms with Crippen LogP contribution >= 0.6 is 11.6 Å². The molecule has 0 radical (unpaired) electrons. The minimum absolute atomic E-state index is 0.666. The molecule has 2 heterocycles. The lowest BCUT2D eigenvalue weighted by Gasteiger charge is -2.09. The Morgan fingerprint density at radius 2 is 1.62 bits per heavy atom. The summed E-state index contributed by atoms with van der Waals surface area (Å²) in [5.41, 5.74) is 4.36. The number of halogens is 1. The van der Waals surface area contributed by atoms with Gasteiger partial charge < -0.3 is 0 Å². The van der Waals surface area contributed by atoms with E-state index in [-0.39, 0.29) is 0 Å². The van der Waals surface area contributed by atoms with Crippen molar-refractivity contribution < 1.29 is 0 Å². The van der Waals surface area contributed by atoms with Gasteiger partial charge in [-0.15, -0.1) is 0 Å². The van der Waals surface area contributed by atoms with Crippen molar-refractivity contribution in [1.29, 1.82) is 0 Å². The molecule has 2 aromatic heterocycles. The second-order valence-corrected chi connectivity index (χ2v) is 6.06. The molecule has 0 N–H and O–H groups in total. The highest BCUT2D eigenvalue weighted by Gasteiger charge is 2.18. The largest absolute Gasteiger partial charge is 0.250 e. The molecule has 0 aliphatic carbocycles. The van der Waals surface area contributed by atoms with Gasteiger partial charge in [-0.3, -0.25) is 4.68 Å². The van der Waals surface area contributed by atoms with E-state index in [1.54, 1.807) is 4.68 Å². The van der Waals surface area contributed by atoms with Gasteiger partial charge in [0.15, 0.2) is 11.5 Å². The molecular formula is C19H15ClN4. The number of aryl methyl sites for hydroxylation is 2. The molecule has 0 aliphatic heterocycles.